The topological polar surface area (TPSA) is 81.5 Å². The average molecular weight is 303 g/mol. The molecule has 4 rings (SSSR count). The van der Waals surface area contributed by atoms with Crippen LogP contribution in [0.15, 0.2) is 70.3 Å². The monoisotopic (exact) mass is 303 g/mol. The van der Waals surface area contributed by atoms with Gasteiger partial charge in [-0.05, 0) is 11.1 Å². The zero-order valence-corrected chi connectivity index (χ0v) is 12.1. The van der Waals surface area contributed by atoms with Crippen molar-refractivity contribution in [2.24, 2.45) is 0 Å². The molecule has 3 N–H and O–H groups in total. The number of H-pyrrole nitrogens is 3. The van der Waals surface area contributed by atoms with Gasteiger partial charge >= 0.3 is 0 Å². The van der Waals surface area contributed by atoms with Crippen LogP contribution in [0.4, 0.5) is 0 Å². The number of benzene rings is 2. The Hall–Kier alpha value is -3.34. The Bertz CT molecular complexity index is 1000. The lowest BCUT2D eigenvalue weighted by Crippen LogP contribution is -2.18. The molecule has 112 valence electrons. The van der Waals surface area contributed by atoms with Crippen molar-refractivity contribution in [3.05, 3.63) is 81.4 Å². The van der Waals surface area contributed by atoms with E-state index in [4.69, 9.17) is 0 Å². The fourth-order valence-electron chi connectivity index (χ4n) is 2.84. The summed E-state index contributed by atoms with van der Waals surface area (Å²) in [5.74, 6) is 0. The number of nitrogens with one attached hydrogen (secondary N) is 3. The van der Waals surface area contributed by atoms with Crippen molar-refractivity contribution in [3.8, 4) is 22.5 Å². The molecule has 5 nitrogen and oxygen atoms in total. The van der Waals surface area contributed by atoms with Crippen LogP contribution in [0.1, 0.15) is 0 Å². The number of hydrogen-bond donors (Lipinski definition) is 3. The molecule has 0 aliphatic rings. The van der Waals surface area contributed by atoms with Gasteiger partial charge in [-0.1, -0.05) is 60.7 Å². The molecule has 4 aromatic rings. The maximum Gasteiger partial charge on any atom is 0.272 e. The molecule has 5 heteroatoms. The molecule has 0 amide bonds. The highest BCUT2D eigenvalue weighted by Crippen LogP contribution is 2.31. The van der Waals surface area contributed by atoms with Crippen molar-refractivity contribution in [2.45, 2.75) is 0 Å². The third kappa shape index (κ3) is 2.10. The van der Waals surface area contributed by atoms with Crippen molar-refractivity contribution in [2.75, 3.05) is 0 Å². The first kappa shape index (κ1) is 13.3. The van der Waals surface area contributed by atoms with Gasteiger partial charge in [-0.15, -0.1) is 0 Å². The highest BCUT2D eigenvalue weighted by molar-refractivity contribution is 6.03. The van der Waals surface area contributed by atoms with Crippen LogP contribution in [0.2, 0.25) is 0 Å². The fraction of sp³-hybridized carbons (Fsp3) is 0. The molecular weight excluding hydrogens is 290 g/mol. The van der Waals surface area contributed by atoms with E-state index in [0.29, 0.717) is 22.2 Å². The lowest BCUT2D eigenvalue weighted by molar-refractivity contribution is 0.978. The van der Waals surface area contributed by atoms with Crippen molar-refractivity contribution in [1.29, 1.82) is 0 Å². The van der Waals surface area contributed by atoms with E-state index < -0.39 is 0 Å². The number of aromatic amines is 3. The van der Waals surface area contributed by atoms with Crippen molar-refractivity contribution in [1.82, 2.24) is 15.2 Å². The van der Waals surface area contributed by atoms with E-state index in [1.54, 1.807) is 0 Å². The Balaban J connectivity index is 2.16. The number of aromatic nitrogens is 3. The summed E-state index contributed by atoms with van der Waals surface area (Å²) in [4.78, 5) is 27.9. The van der Waals surface area contributed by atoms with Gasteiger partial charge in [-0.2, -0.15) is 0 Å². The summed E-state index contributed by atoms with van der Waals surface area (Å²) in [5, 5.41) is 5.56. The second-order valence-corrected chi connectivity index (χ2v) is 5.27. The minimum Gasteiger partial charge on any atom is -0.353 e. The summed E-state index contributed by atoms with van der Waals surface area (Å²) < 4.78 is 0. The summed E-state index contributed by atoms with van der Waals surface area (Å²) in [5.41, 5.74) is 2.36. The smallest absolute Gasteiger partial charge is 0.272 e. The standard InChI is InChI=1S/C18H13N3O2/c22-17-13-14(18(23)21-20-17)16(12-9-5-2-6-10-12)19-15(13)11-7-3-1-4-8-11/h1-10,19H,(H,20,22)(H,21,23). The SMILES string of the molecule is O=c1[nH][nH]c(=O)c2c(-c3ccccc3)[nH]c(-c3ccccc3)c12. The predicted molar refractivity (Wildman–Crippen MR) is 90.4 cm³/mol. The van der Waals surface area contributed by atoms with Crippen LogP contribution in [0.5, 0.6) is 0 Å². The number of fused-ring (bicyclic) bond motifs is 1. The van der Waals surface area contributed by atoms with Gasteiger partial charge in [0, 0.05) is 0 Å². The molecule has 0 unspecified atom stereocenters. The van der Waals surface area contributed by atoms with Gasteiger partial charge < -0.3 is 4.98 Å². The molecule has 0 saturated heterocycles. The van der Waals surface area contributed by atoms with Gasteiger partial charge in [0.1, 0.15) is 0 Å². The summed E-state index contributed by atoms with van der Waals surface area (Å²) in [6.07, 6.45) is 0. The Kier molecular flexibility index (Phi) is 2.98. The van der Waals surface area contributed by atoms with Gasteiger partial charge in [0.25, 0.3) is 11.1 Å². The Morgan fingerprint density at radius 2 is 0.957 bits per heavy atom. The maximum atomic E-state index is 12.3. The average Bonchev–Trinajstić information content (AvgIpc) is 3.02. The molecule has 0 fully saturated rings. The predicted octanol–water partition coefficient (Wildman–Crippen LogP) is 2.88. The Morgan fingerprint density at radius 3 is 1.35 bits per heavy atom. The molecule has 0 bridgehead atoms. The molecule has 0 radical (unpaired) electrons. The van der Waals surface area contributed by atoms with Gasteiger partial charge in [0.15, 0.2) is 0 Å². The van der Waals surface area contributed by atoms with Gasteiger partial charge in [0.05, 0.1) is 22.2 Å². The summed E-state index contributed by atoms with van der Waals surface area (Å²) in [6, 6.07) is 19.0. The summed E-state index contributed by atoms with van der Waals surface area (Å²) in [6.45, 7) is 0. The van der Waals surface area contributed by atoms with E-state index in [2.05, 4.69) is 15.2 Å². The second-order valence-electron chi connectivity index (χ2n) is 5.27. The molecule has 0 spiro atoms. The van der Waals surface area contributed by atoms with Crippen LogP contribution in [-0.4, -0.2) is 15.2 Å². The van der Waals surface area contributed by atoms with Gasteiger partial charge in [0.2, 0.25) is 0 Å². The van der Waals surface area contributed by atoms with Crippen molar-refractivity contribution in [3.63, 3.8) is 0 Å². The van der Waals surface area contributed by atoms with Crippen LogP contribution in [-0.2, 0) is 0 Å². The molecular formula is C18H13N3O2. The molecule has 23 heavy (non-hydrogen) atoms. The fourth-order valence-corrected chi connectivity index (χ4v) is 2.84. The lowest BCUT2D eigenvalue weighted by atomic mass is 10.1. The molecule has 2 aromatic carbocycles. The second kappa shape index (κ2) is 5.14. The third-order valence-corrected chi connectivity index (χ3v) is 3.87. The van der Waals surface area contributed by atoms with Crippen LogP contribution in [0, 0.1) is 0 Å². The quantitative estimate of drug-likeness (QED) is 0.532. The zero-order valence-electron chi connectivity index (χ0n) is 12.1. The Labute approximate surface area is 130 Å². The van der Waals surface area contributed by atoms with Crippen molar-refractivity contribution < 1.29 is 0 Å². The van der Waals surface area contributed by atoms with Crippen LogP contribution in [0.3, 0.4) is 0 Å². The van der Waals surface area contributed by atoms with Crippen LogP contribution in [0.25, 0.3) is 33.3 Å². The van der Waals surface area contributed by atoms with E-state index >= 15 is 0 Å². The van der Waals surface area contributed by atoms with E-state index in [-0.39, 0.29) is 11.1 Å². The molecule has 2 aromatic heterocycles. The van der Waals surface area contributed by atoms with E-state index in [9.17, 15) is 9.59 Å². The number of hydrogen-bond acceptors (Lipinski definition) is 2. The first-order chi connectivity index (χ1) is 11.3. The van der Waals surface area contributed by atoms with Crippen LogP contribution >= 0.6 is 0 Å². The molecule has 0 aliphatic carbocycles. The van der Waals surface area contributed by atoms with E-state index in [1.165, 1.54) is 0 Å². The van der Waals surface area contributed by atoms with E-state index in [1.807, 2.05) is 60.7 Å². The normalized spacial score (nSPS) is 11.0. The third-order valence-electron chi connectivity index (χ3n) is 3.87. The number of rotatable bonds is 2. The largest absolute Gasteiger partial charge is 0.353 e. The zero-order chi connectivity index (χ0) is 15.8. The molecule has 0 aliphatic heterocycles. The maximum absolute atomic E-state index is 12.3. The lowest BCUT2D eigenvalue weighted by Gasteiger charge is -1.99. The minimum atomic E-state index is -0.322. The summed E-state index contributed by atoms with van der Waals surface area (Å²) >= 11 is 0. The Morgan fingerprint density at radius 1 is 0.565 bits per heavy atom. The molecule has 0 saturated carbocycles. The van der Waals surface area contributed by atoms with Gasteiger partial charge in [-0.25, -0.2) is 0 Å². The molecule has 2 heterocycles. The van der Waals surface area contributed by atoms with Crippen molar-refractivity contribution >= 4 is 10.8 Å². The first-order valence-electron chi connectivity index (χ1n) is 7.23. The highest BCUT2D eigenvalue weighted by atomic mass is 16.1. The minimum absolute atomic E-state index is 0.322. The van der Waals surface area contributed by atoms with E-state index in [0.717, 1.165) is 11.1 Å². The molecule has 0 atom stereocenters. The van der Waals surface area contributed by atoms with Crippen LogP contribution < -0.4 is 11.1 Å². The highest BCUT2D eigenvalue weighted by Gasteiger charge is 2.18. The first-order valence-corrected chi connectivity index (χ1v) is 7.23. The van der Waals surface area contributed by atoms with Gasteiger partial charge in [-0.3, -0.25) is 19.8 Å². The summed E-state index contributed by atoms with van der Waals surface area (Å²) in [7, 11) is 0.